The van der Waals surface area contributed by atoms with E-state index in [9.17, 15) is 9.59 Å². The van der Waals surface area contributed by atoms with Gasteiger partial charge in [-0.25, -0.2) is 0 Å². The van der Waals surface area contributed by atoms with Crippen molar-refractivity contribution in [3.05, 3.63) is 77.9 Å². The van der Waals surface area contributed by atoms with Gasteiger partial charge < -0.3 is 20.1 Å². The van der Waals surface area contributed by atoms with E-state index in [2.05, 4.69) is 39.8 Å². The number of rotatable bonds is 7. The van der Waals surface area contributed by atoms with Crippen LogP contribution in [0.5, 0.6) is 5.75 Å². The number of hydrogen-bond acceptors (Lipinski definition) is 5. The van der Waals surface area contributed by atoms with E-state index in [4.69, 9.17) is 9.47 Å². The van der Waals surface area contributed by atoms with Crippen LogP contribution in [0.15, 0.2) is 66.7 Å². The zero-order valence-electron chi connectivity index (χ0n) is 18.8. The molecule has 7 heteroatoms. The molecule has 3 aromatic rings. The summed E-state index contributed by atoms with van der Waals surface area (Å²) in [6.07, 6.45) is 0. The molecule has 0 aromatic heterocycles. The Bertz CT molecular complexity index is 1090. The van der Waals surface area contributed by atoms with E-state index < -0.39 is 11.8 Å². The van der Waals surface area contributed by atoms with E-state index in [1.54, 1.807) is 7.11 Å². The number of benzene rings is 3. The van der Waals surface area contributed by atoms with Gasteiger partial charge in [0.1, 0.15) is 5.75 Å². The largest absolute Gasteiger partial charge is 0.497 e. The highest BCUT2D eigenvalue weighted by molar-refractivity contribution is 6.35. The Hall–Kier alpha value is -3.42. The smallest absolute Gasteiger partial charge is 0.309 e. The Balaban J connectivity index is 1.42. The molecule has 0 radical (unpaired) electrons. The van der Waals surface area contributed by atoms with Gasteiger partial charge in [0.15, 0.2) is 0 Å². The van der Waals surface area contributed by atoms with E-state index in [0.717, 1.165) is 40.7 Å². The summed E-state index contributed by atoms with van der Waals surface area (Å²) < 4.78 is 10.7. The molecule has 1 saturated heterocycles. The number of morpholine rings is 1. The average Bonchev–Trinajstić information content (AvgIpc) is 2.88. The van der Waals surface area contributed by atoms with Gasteiger partial charge in [-0.1, -0.05) is 54.6 Å². The number of fused-ring (bicyclic) bond motifs is 1. The van der Waals surface area contributed by atoms with Gasteiger partial charge in [-0.2, -0.15) is 0 Å². The molecular formula is C26H29N3O4. The van der Waals surface area contributed by atoms with Gasteiger partial charge in [0.05, 0.1) is 26.4 Å². The third-order valence-electron chi connectivity index (χ3n) is 5.94. The van der Waals surface area contributed by atoms with Gasteiger partial charge in [-0.3, -0.25) is 14.5 Å². The Morgan fingerprint density at radius 2 is 1.64 bits per heavy atom. The number of nitrogens with one attached hydrogen (secondary N) is 2. The van der Waals surface area contributed by atoms with E-state index in [-0.39, 0.29) is 12.6 Å². The average molecular weight is 448 g/mol. The summed E-state index contributed by atoms with van der Waals surface area (Å²) in [6, 6.07) is 21.7. The molecule has 1 aliphatic heterocycles. The molecule has 1 heterocycles. The molecule has 2 N–H and O–H groups in total. The van der Waals surface area contributed by atoms with Gasteiger partial charge in [-0.15, -0.1) is 0 Å². The van der Waals surface area contributed by atoms with Crippen LogP contribution in [-0.2, 0) is 20.9 Å². The molecular weight excluding hydrogens is 418 g/mol. The minimum Gasteiger partial charge on any atom is -0.497 e. The number of ether oxygens (including phenoxy) is 2. The first kappa shape index (κ1) is 22.8. The van der Waals surface area contributed by atoms with Crippen molar-refractivity contribution in [1.82, 2.24) is 15.5 Å². The Labute approximate surface area is 193 Å². The van der Waals surface area contributed by atoms with Crippen LogP contribution >= 0.6 is 0 Å². The normalized spacial score (nSPS) is 15.1. The number of hydrogen-bond donors (Lipinski definition) is 2. The van der Waals surface area contributed by atoms with Crippen LogP contribution in [-0.4, -0.2) is 56.7 Å². The van der Waals surface area contributed by atoms with Crippen LogP contribution in [0.3, 0.4) is 0 Å². The van der Waals surface area contributed by atoms with Gasteiger partial charge >= 0.3 is 11.8 Å². The SMILES string of the molecule is COc1ccc(CNC(=O)C(=O)NC[C@H](c2cccc3ccccc23)N2CCOCC2)cc1. The summed E-state index contributed by atoms with van der Waals surface area (Å²) in [7, 11) is 1.60. The highest BCUT2D eigenvalue weighted by Crippen LogP contribution is 2.28. The maximum atomic E-state index is 12.6. The van der Waals surface area contributed by atoms with Gasteiger partial charge in [0, 0.05) is 26.2 Å². The second-order valence-corrected chi connectivity index (χ2v) is 7.97. The fraction of sp³-hybridized carbons (Fsp3) is 0.308. The summed E-state index contributed by atoms with van der Waals surface area (Å²) in [4.78, 5) is 27.3. The summed E-state index contributed by atoms with van der Waals surface area (Å²) in [5.41, 5.74) is 2.02. The molecule has 0 saturated carbocycles. The highest BCUT2D eigenvalue weighted by atomic mass is 16.5. The predicted octanol–water partition coefficient (Wildman–Crippen LogP) is 2.65. The zero-order chi connectivity index (χ0) is 23.0. The molecule has 1 aliphatic rings. The molecule has 2 amide bonds. The summed E-state index contributed by atoms with van der Waals surface area (Å²) in [6.45, 7) is 3.45. The fourth-order valence-electron chi connectivity index (χ4n) is 4.14. The van der Waals surface area contributed by atoms with Crippen molar-refractivity contribution in [3.8, 4) is 5.75 Å². The maximum Gasteiger partial charge on any atom is 0.309 e. The predicted molar refractivity (Wildman–Crippen MR) is 127 cm³/mol. The lowest BCUT2D eigenvalue weighted by atomic mass is 9.97. The van der Waals surface area contributed by atoms with Crippen LogP contribution in [0.4, 0.5) is 0 Å². The van der Waals surface area contributed by atoms with Crippen molar-refractivity contribution in [2.24, 2.45) is 0 Å². The van der Waals surface area contributed by atoms with E-state index in [0.29, 0.717) is 19.8 Å². The van der Waals surface area contributed by atoms with Crippen molar-refractivity contribution in [2.45, 2.75) is 12.6 Å². The van der Waals surface area contributed by atoms with E-state index >= 15 is 0 Å². The number of methoxy groups -OCH3 is 1. The van der Waals surface area contributed by atoms with Crippen molar-refractivity contribution in [1.29, 1.82) is 0 Å². The lowest BCUT2D eigenvalue weighted by Crippen LogP contribution is -2.46. The van der Waals surface area contributed by atoms with Crippen molar-refractivity contribution in [3.63, 3.8) is 0 Å². The number of amides is 2. The second-order valence-electron chi connectivity index (χ2n) is 7.97. The van der Waals surface area contributed by atoms with Crippen LogP contribution < -0.4 is 15.4 Å². The summed E-state index contributed by atoms with van der Waals surface area (Å²) >= 11 is 0. The molecule has 0 bridgehead atoms. The molecule has 7 nitrogen and oxygen atoms in total. The monoisotopic (exact) mass is 447 g/mol. The third kappa shape index (κ3) is 5.69. The second kappa shape index (κ2) is 10.9. The number of carbonyl (C=O) groups is 2. The molecule has 4 rings (SSSR count). The van der Waals surface area contributed by atoms with Gasteiger partial charge in [0.2, 0.25) is 0 Å². The van der Waals surface area contributed by atoms with Crippen LogP contribution in [0.25, 0.3) is 10.8 Å². The number of carbonyl (C=O) groups excluding carboxylic acids is 2. The summed E-state index contributed by atoms with van der Waals surface area (Å²) in [5, 5.41) is 7.83. The number of nitrogens with zero attached hydrogens (tertiary/aromatic N) is 1. The van der Waals surface area contributed by atoms with Crippen molar-refractivity contribution >= 4 is 22.6 Å². The van der Waals surface area contributed by atoms with Crippen molar-refractivity contribution in [2.75, 3.05) is 40.0 Å². The summed E-state index contributed by atoms with van der Waals surface area (Å²) in [5.74, 6) is -0.545. The fourth-order valence-corrected chi connectivity index (χ4v) is 4.14. The first-order valence-electron chi connectivity index (χ1n) is 11.1. The molecule has 0 spiro atoms. The standard InChI is InChI=1S/C26H29N3O4/c1-32-21-11-9-19(10-12-21)17-27-25(30)26(31)28-18-24(29-13-15-33-16-14-29)23-8-4-6-20-5-2-3-7-22(20)23/h2-12,24H,13-18H2,1H3,(H,27,30)(H,28,31)/t24-/m1/s1. The quantitative estimate of drug-likeness (QED) is 0.545. The first-order valence-corrected chi connectivity index (χ1v) is 11.1. The lowest BCUT2D eigenvalue weighted by Gasteiger charge is -2.35. The molecule has 1 atom stereocenters. The molecule has 0 unspecified atom stereocenters. The molecule has 33 heavy (non-hydrogen) atoms. The Morgan fingerprint density at radius 3 is 2.39 bits per heavy atom. The van der Waals surface area contributed by atoms with E-state index in [1.165, 1.54) is 0 Å². The van der Waals surface area contributed by atoms with Gasteiger partial charge in [0.25, 0.3) is 0 Å². The third-order valence-corrected chi connectivity index (χ3v) is 5.94. The molecule has 3 aromatic carbocycles. The minimum absolute atomic E-state index is 0.0571. The maximum absolute atomic E-state index is 12.6. The Morgan fingerprint density at radius 1 is 0.939 bits per heavy atom. The van der Waals surface area contributed by atoms with E-state index in [1.807, 2.05) is 42.5 Å². The van der Waals surface area contributed by atoms with Crippen LogP contribution in [0.2, 0.25) is 0 Å². The van der Waals surface area contributed by atoms with Crippen LogP contribution in [0, 0.1) is 0 Å². The van der Waals surface area contributed by atoms with Crippen LogP contribution in [0.1, 0.15) is 17.2 Å². The Kier molecular flexibility index (Phi) is 7.55. The minimum atomic E-state index is -0.649. The highest BCUT2D eigenvalue weighted by Gasteiger charge is 2.25. The zero-order valence-corrected chi connectivity index (χ0v) is 18.8. The molecule has 0 aliphatic carbocycles. The molecule has 172 valence electrons. The van der Waals surface area contributed by atoms with Gasteiger partial charge in [-0.05, 0) is 34.0 Å². The molecule has 1 fully saturated rings. The lowest BCUT2D eigenvalue weighted by molar-refractivity contribution is -0.139. The van der Waals surface area contributed by atoms with Crippen molar-refractivity contribution < 1.29 is 19.1 Å². The first-order chi connectivity index (χ1) is 16.2. The topological polar surface area (TPSA) is 79.9 Å².